The smallest absolute Gasteiger partial charge is 0.164 e. The number of benzene rings is 16. The van der Waals surface area contributed by atoms with E-state index in [1.165, 1.54) is 21.5 Å². The van der Waals surface area contributed by atoms with Gasteiger partial charge in [0.2, 0.25) is 0 Å². The molecule has 0 saturated carbocycles. The quantitative estimate of drug-likeness (QED) is 0.119. The molecule has 6 aromatic heterocycles. The summed E-state index contributed by atoms with van der Waals surface area (Å²) in [5.41, 5.74) is 24.0. The molecule has 112 heavy (non-hydrogen) atoms. The number of nitrogens with zero attached hydrogens (tertiary/aromatic N) is 8. The Morgan fingerprint density at radius 1 is 0.179 bits per heavy atom. The van der Waals surface area contributed by atoms with Crippen LogP contribution in [0.1, 0.15) is 0 Å². The van der Waals surface area contributed by atoms with Crippen LogP contribution in [0.25, 0.3) is 212 Å². The van der Waals surface area contributed by atoms with Crippen molar-refractivity contribution < 1.29 is 8.83 Å². The zero-order valence-electron chi connectivity index (χ0n) is 60.3. The Morgan fingerprint density at radius 2 is 0.455 bits per heavy atom. The summed E-state index contributed by atoms with van der Waals surface area (Å²) in [5.74, 6) is 3.59. The van der Waals surface area contributed by atoms with Gasteiger partial charge in [-0.3, -0.25) is 0 Å². The molecule has 22 aromatic rings. The Hall–Kier alpha value is -15.3. The third-order valence-corrected chi connectivity index (χ3v) is 21.3. The predicted molar refractivity (Wildman–Crippen MR) is 457 cm³/mol. The Morgan fingerprint density at radius 3 is 0.848 bits per heavy atom. The van der Waals surface area contributed by atoms with Crippen LogP contribution in [0, 0.1) is 0 Å². The number of furan rings is 2. The fourth-order valence-corrected chi connectivity index (χ4v) is 16.1. The summed E-state index contributed by atoms with van der Waals surface area (Å²) >= 11 is 0. The van der Waals surface area contributed by atoms with E-state index in [0.717, 1.165) is 155 Å². The third kappa shape index (κ3) is 11.5. The summed E-state index contributed by atoms with van der Waals surface area (Å²) in [4.78, 5) is 30.9. The highest BCUT2D eigenvalue weighted by molar-refractivity contribution is 6.19. The minimum absolute atomic E-state index is 0.579. The topological polar surface area (TPSA) is 113 Å². The minimum Gasteiger partial charge on any atom is -0.455 e. The fraction of sp³-hybridized carbons (Fsp3) is 0. The Kier molecular flexibility index (Phi) is 16.0. The molecule has 0 spiro atoms. The van der Waals surface area contributed by atoms with E-state index in [2.05, 4.69) is 288 Å². The lowest BCUT2D eigenvalue weighted by Crippen LogP contribution is -2.00. The molecule has 22 rings (SSSR count). The maximum Gasteiger partial charge on any atom is 0.164 e. The minimum atomic E-state index is 0.579. The summed E-state index contributed by atoms with van der Waals surface area (Å²) in [6, 6.07) is 135. The number of para-hydroxylation sites is 4. The lowest BCUT2D eigenvalue weighted by atomic mass is 9.99. The molecule has 0 aliphatic heterocycles. The van der Waals surface area contributed by atoms with Crippen molar-refractivity contribution in [2.45, 2.75) is 0 Å². The standard InChI is InChI=1S/2C51H32N4O/c1-4-16-33(17-5-1)36-22-14-23-37(30-36)50-52-49(35-20-8-3-9-21-35)53-51(54-50)41-26-15-29-46-47(41)43-32-38(31-42(48(43)56-46)34-18-6-2-7-19-34)55-44-27-12-10-24-39(44)40-25-11-13-28-45(40)55;1-4-15-33(16-5-1)34-27-29-37(30-28-34)50-52-49(36-19-8-3-9-20-36)53-51(54-50)41-23-14-26-46-47(41)43-32-38(31-42(48(43)56-46)35-17-6-2-7-18-35)55-44-24-12-10-21-39(44)40-22-11-13-25-45(40)55/h2*1-32H. The molecule has 524 valence electrons. The van der Waals surface area contributed by atoms with Crippen LogP contribution in [0.3, 0.4) is 0 Å². The van der Waals surface area contributed by atoms with E-state index in [9.17, 15) is 0 Å². The number of aromatic nitrogens is 8. The predicted octanol–water partition coefficient (Wildman–Crippen LogP) is 26.4. The van der Waals surface area contributed by atoms with Gasteiger partial charge < -0.3 is 18.0 Å². The van der Waals surface area contributed by atoms with Gasteiger partial charge in [0.25, 0.3) is 0 Å². The summed E-state index contributed by atoms with van der Waals surface area (Å²) in [7, 11) is 0. The first kappa shape index (κ1) is 65.1. The summed E-state index contributed by atoms with van der Waals surface area (Å²) < 4.78 is 18.4. The van der Waals surface area contributed by atoms with Crippen LogP contribution >= 0.6 is 0 Å². The number of hydrogen-bond donors (Lipinski definition) is 0. The highest BCUT2D eigenvalue weighted by Crippen LogP contribution is 2.47. The van der Waals surface area contributed by atoms with Crippen LogP contribution in [0.4, 0.5) is 0 Å². The Balaban J connectivity index is 0.000000141. The van der Waals surface area contributed by atoms with Gasteiger partial charge in [-0.05, 0) is 100 Å². The molecule has 0 aliphatic carbocycles. The van der Waals surface area contributed by atoms with Gasteiger partial charge in [0.15, 0.2) is 34.9 Å². The van der Waals surface area contributed by atoms with Gasteiger partial charge >= 0.3 is 0 Å². The fourth-order valence-electron chi connectivity index (χ4n) is 16.1. The van der Waals surface area contributed by atoms with Gasteiger partial charge in [-0.15, -0.1) is 0 Å². The summed E-state index contributed by atoms with van der Waals surface area (Å²) in [6.45, 7) is 0. The first-order valence-electron chi connectivity index (χ1n) is 37.6. The van der Waals surface area contributed by atoms with Crippen molar-refractivity contribution in [3.05, 3.63) is 388 Å². The monoisotopic (exact) mass is 1430 g/mol. The molecular weight excluding hydrogens is 1370 g/mol. The van der Waals surface area contributed by atoms with Crippen LogP contribution < -0.4 is 0 Å². The molecule has 10 nitrogen and oxygen atoms in total. The zero-order chi connectivity index (χ0) is 74.0. The molecule has 16 aromatic carbocycles. The van der Waals surface area contributed by atoms with E-state index >= 15 is 0 Å². The zero-order valence-corrected chi connectivity index (χ0v) is 60.3. The van der Waals surface area contributed by atoms with E-state index in [0.29, 0.717) is 34.9 Å². The molecule has 6 heterocycles. The second-order valence-electron chi connectivity index (χ2n) is 28.0. The first-order chi connectivity index (χ1) is 55.5. The number of rotatable bonds is 12. The largest absolute Gasteiger partial charge is 0.455 e. The molecule has 0 bridgehead atoms. The normalized spacial score (nSPS) is 11.6. The van der Waals surface area contributed by atoms with E-state index < -0.39 is 0 Å². The average Bonchev–Trinajstić information content (AvgIpc) is 1.57. The molecule has 0 atom stereocenters. The van der Waals surface area contributed by atoms with E-state index in [1.807, 2.05) is 109 Å². The van der Waals surface area contributed by atoms with Crippen LogP contribution in [0.15, 0.2) is 397 Å². The number of fused-ring (bicyclic) bond motifs is 12. The highest BCUT2D eigenvalue weighted by Gasteiger charge is 2.26. The van der Waals surface area contributed by atoms with E-state index in [4.69, 9.17) is 38.7 Å². The first-order valence-corrected chi connectivity index (χ1v) is 37.6. The van der Waals surface area contributed by atoms with Gasteiger partial charge in [0, 0.05) is 99.0 Å². The van der Waals surface area contributed by atoms with Gasteiger partial charge in [0.05, 0.1) is 22.1 Å². The van der Waals surface area contributed by atoms with Crippen molar-refractivity contribution in [2.75, 3.05) is 0 Å². The highest BCUT2D eigenvalue weighted by atomic mass is 16.3. The van der Waals surface area contributed by atoms with Gasteiger partial charge in [0.1, 0.15) is 22.3 Å². The molecule has 10 heteroatoms. The molecule has 0 aliphatic rings. The maximum atomic E-state index is 6.86. The summed E-state index contributed by atoms with van der Waals surface area (Å²) in [5, 5.41) is 8.74. The number of hydrogen-bond acceptors (Lipinski definition) is 8. The molecule has 0 saturated heterocycles. The van der Waals surface area contributed by atoms with Crippen molar-refractivity contribution in [1.82, 2.24) is 39.0 Å². The Labute approximate surface area is 643 Å². The van der Waals surface area contributed by atoms with E-state index in [-0.39, 0.29) is 0 Å². The lowest BCUT2D eigenvalue weighted by molar-refractivity contribution is 0.669. The van der Waals surface area contributed by atoms with Crippen LogP contribution in [0.5, 0.6) is 0 Å². The van der Waals surface area contributed by atoms with Crippen molar-refractivity contribution in [3.63, 3.8) is 0 Å². The van der Waals surface area contributed by atoms with Crippen molar-refractivity contribution in [2.24, 2.45) is 0 Å². The van der Waals surface area contributed by atoms with Gasteiger partial charge in [-0.2, -0.15) is 0 Å². The van der Waals surface area contributed by atoms with Crippen LogP contribution in [0.2, 0.25) is 0 Å². The Bertz CT molecular complexity index is 7240. The summed E-state index contributed by atoms with van der Waals surface area (Å²) in [6.07, 6.45) is 0. The van der Waals surface area contributed by atoms with Crippen LogP contribution in [-0.2, 0) is 0 Å². The van der Waals surface area contributed by atoms with Crippen molar-refractivity contribution >= 4 is 87.5 Å². The van der Waals surface area contributed by atoms with E-state index in [1.54, 1.807) is 0 Å². The second kappa shape index (κ2) is 27.5. The maximum absolute atomic E-state index is 6.86. The van der Waals surface area contributed by atoms with Gasteiger partial charge in [-0.25, -0.2) is 29.9 Å². The molecule has 0 amide bonds. The molecule has 0 fully saturated rings. The molecule has 0 unspecified atom stereocenters. The second-order valence-corrected chi connectivity index (χ2v) is 28.0. The molecule has 0 N–H and O–H groups in total. The van der Waals surface area contributed by atoms with Crippen molar-refractivity contribution in [1.29, 1.82) is 0 Å². The lowest BCUT2D eigenvalue weighted by Gasteiger charge is -2.12. The average molecular weight is 1430 g/mol. The molecule has 0 radical (unpaired) electrons. The van der Waals surface area contributed by atoms with Crippen molar-refractivity contribution in [3.8, 4) is 124 Å². The van der Waals surface area contributed by atoms with Crippen LogP contribution in [-0.4, -0.2) is 39.0 Å². The SMILES string of the molecule is c1ccc(-c2ccc(-c3nc(-c4ccccc4)nc(-c4cccc5oc6c(-c7ccccc7)cc(-n7c8ccccc8c8ccccc87)cc6c45)n3)cc2)cc1.c1ccc(-c2cccc(-c3nc(-c4ccccc4)nc(-c4cccc5oc6c(-c7ccccc7)cc(-n7c8ccccc8c8ccccc87)cc6c45)n3)c2)cc1. The molecular formula is C102H64N8O2. The third-order valence-electron chi connectivity index (χ3n) is 21.3. The van der Waals surface area contributed by atoms with Gasteiger partial charge in [-0.1, -0.05) is 322 Å².